The highest BCUT2D eigenvalue weighted by molar-refractivity contribution is 9.10. The van der Waals surface area contributed by atoms with Gasteiger partial charge in [-0.2, -0.15) is 0 Å². The van der Waals surface area contributed by atoms with E-state index in [1.54, 1.807) is 24.1 Å². The van der Waals surface area contributed by atoms with Crippen LogP contribution in [0.1, 0.15) is 24.2 Å². The monoisotopic (exact) mass is 372 g/mol. The molecular formula is C16H22BrFN2O2. The first-order chi connectivity index (χ1) is 10.4. The second kappa shape index (κ2) is 7.53. The number of ether oxygens (including phenoxy) is 1. The molecule has 1 aromatic rings. The zero-order valence-corrected chi connectivity index (χ0v) is 14.8. The summed E-state index contributed by atoms with van der Waals surface area (Å²) in [5.41, 5.74) is 0.124. The molecule has 0 saturated carbocycles. The van der Waals surface area contributed by atoms with Crippen LogP contribution in [-0.2, 0) is 4.74 Å². The zero-order chi connectivity index (χ0) is 16.3. The van der Waals surface area contributed by atoms with Gasteiger partial charge in [-0.15, -0.1) is 0 Å². The van der Waals surface area contributed by atoms with Crippen LogP contribution in [0.3, 0.4) is 0 Å². The summed E-state index contributed by atoms with van der Waals surface area (Å²) < 4.78 is 19.8. The van der Waals surface area contributed by atoms with Crippen molar-refractivity contribution in [2.45, 2.75) is 25.9 Å². The molecule has 1 aliphatic heterocycles. The summed E-state index contributed by atoms with van der Waals surface area (Å²) >= 11 is 3.29. The fourth-order valence-corrected chi connectivity index (χ4v) is 3.35. The molecule has 2 rings (SSSR count). The fraction of sp³-hybridized carbons (Fsp3) is 0.562. The summed E-state index contributed by atoms with van der Waals surface area (Å²) in [6.45, 7) is 6.87. The Hall–Kier alpha value is -0.980. The topological polar surface area (TPSA) is 32.8 Å². The van der Waals surface area contributed by atoms with Crippen LogP contribution >= 0.6 is 15.9 Å². The normalized spacial score (nSPS) is 22.9. The van der Waals surface area contributed by atoms with E-state index >= 15 is 0 Å². The van der Waals surface area contributed by atoms with E-state index in [9.17, 15) is 9.18 Å². The predicted octanol–water partition coefficient (Wildman–Crippen LogP) is 2.77. The summed E-state index contributed by atoms with van der Waals surface area (Å²) in [6.07, 6.45) is 0. The van der Waals surface area contributed by atoms with Crippen molar-refractivity contribution in [1.82, 2.24) is 9.80 Å². The molecule has 1 aliphatic rings. The second-order valence-electron chi connectivity index (χ2n) is 5.76. The van der Waals surface area contributed by atoms with Gasteiger partial charge in [0.2, 0.25) is 0 Å². The van der Waals surface area contributed by atoms with E-state index in [-0.39, 0.29) is 23.6 Å². The number of carbonyl (C=O) groups is 1. The zero-order valence-electron chi connectivity index (χ0n) is 13.2. The summed E-state index contributed by atoms with van der Waals surface area (Å²) in [6, 6.07) is 4.90. The number of methoxy groups -OCH3 is 1. The third-order valence-corrected chi connectivity index (χ3v) is 4.59. The Morgan fingerprint density at radius 1 is 1.36 bits per heavy atom. The Morgan fingerprint density at radius 2 is 2.00 bits per heavy atom. The summed E-state index contributed by atoms with van der Waals surface area (Å²) in [4.78, 5) is 16.7. The molecule has 6 heteroatoms. The van der Waals surface area contributed by atoms with Crippen molar-refractivity contribution in [2.75, 3.05) is 33.4 Å². The quantitative estimate of drug-likeness (QED) is 0.814. The smallest absolute Gasteiger partial charge is 0.256 e. The minimum absolute atomic E-state index is 0.124. The number of benzene rings is 1. The standard InChI is InChI=1S/C16H22BrFN2O2/c1-11-9-19(10-12(2)20(11)6-7-22-3)16(21)14-8-13(17)4-5-15(14)18/h4-5,8,11-12H,6-7,9-10H2,1-3H3/t11-,12-/m1/s1. The number of halogens is 2. The lowest BCUT2D eigenvalue weighted by atomic mass is 10.1. The molecule has 1 aromatic carbocycles. The highest BCUT2D eigenvalue weighted by atomic mass is 79.9. The molecule has 1 heterocycles. The molecule has 0 radical (unpaired) electrons. The van der Waals surface area contributed by atoms with Gasteiger partial charge in [-0.05, 0) is 32.0 Å². The van der Waals surface area contributed by atoms with Gasteiger partial charge in [0, 0.05) is 43.3 Å². The average molecular weight is 373 g/mol. The minimum Gasteiger partial charge on any atom is -0.383 e. The van der Waals surface area contributed by atoms with E-state index in [2.05, 4.69) is 34.7 Å². The number of rotatable bonds is 4. The Balaban J connectivity index is 2.11. The molecule has 22 heavy (non-hydrogen) atoms. The van der Waals surface area contributed by atoms with Gasteiger partial charge >= 0.3 is 0 Å². The molecule has 1 fully saturated rings. The molecular weight excluding hydrogens is 351 g/mol. The van der Waals surface area contributed by atoms with Gasteiger partial charge in [0.05, 0.1) is 12.2 Å². The highest BCUT2D eigenvalue weighted by Crippen LogP contribution is 2.21. The first kappa shape index (κ1) is 17.4. The number of hydrogen-bond acceptors (Lipinski definition) is 3. The van der Waals surface area contributed by atoms with Crippen LogP contribution in [0.4, 0.5) is 4.39 Å². The third-order valence-electron chi connectivity index (χ3n) is 4.10. The van der Waals surface area contributed by atoms with Crippen molar-refractivity contribution < 1.29 is 13.9 Å². The first-order valence-corrected chi connectivity index (χ1v) is 8.22. The van der Waals surface area contributed by atoms with Crippen molar-refractivity contribution in [3.05, 3.63) is 34.1 Å². The van der Waals surface area contributed by atoms with Gasteiger partial charge in [-0.1, -0.05) is 15.9 Å². The highest BCUT2D eigenvalue weighted by Gasteiger charge is 2.32. The van der Waals surface area contributed by atoms with Crippen molar-refractivity contribution in [3.8, 4) is 0 Å². The summed E-state index contributed by atoms with van der Waals surface area (Å²) in [7, 11) is 1.69. The van der Waals surface area contributed by atoms with Crippen molar-refractivity contribution in [1.29, 1.82) is 0 Å². The molecule has 2 atom stereocenters. The lowest BCUT2D eigenvalue weighted by Gasteiger charge is -2.44. The lowest BCUT2D eigenvalue weighted by Crippen LogP contribution is -2.58. The van der Waals surface area contributed by atoms with Gasteiger partial charge in [0.15, 0.2) is 0 Å². The van der Waals surface area contributed by atoms with E-state index in [0.29, 0.717) is 24.2 Å². The molecule has 4 nitrogen and oxygen atoms in total. The van der Waals surface area contributed by atoms with Gasteiger partial charge in [-0.25, -0.2) is 4.39 Å². The SMILES string of the molecule is COCCN1[C@H](C)CN(C(=O)c2cc(Br)ccc2F)C[C@H]1C. The maximum absolute atomic E-state index is 13.9. The van der Waals surface area contributed by atoms with Gasteiger partial charge in [0.1, 0.15) is 5.82 Å². The molecule has 122 valence electrons. The second-order valence-corrected chi connectivity index (χ2v) is 6.68. The van der Waals surface area contributed by atoms with E-state index in [4.69, 9.17) is 4.74 Å². The maximum Gasteiger partial charge on any atom is 0.256 e. The van der Waals surface area contributed by atoms with Crippen LogP contribution < -0.4 is 0 Å². The first-order valence-electron chi connectivity index (χ1n) is 7.43. The van der Waals surface area contributed by atoms with Crippen LogP contribution in [0.2, 0.25) is 0 Å². The van der Waals surface area contributed by atoms with Crippen LogP contribution in [-0.4, -0.2) is 61.1 Å². The maximum atomic E-state index is 13.9. The van der Waals surface area contributed by atoms with Crippen LogP contribution in [0.25, 0.3) is 0 Å². The van der Waals surface area contributed by atoms with Crippen molar-refractivity contribution in [3.63, 3.8) is 0 Å². The Kier molecular flexibility index (Phi) is 5.94. The van der Waals surface area contributed by atoms with E-state index in [1.165, 1.54) is 6.07 Å². The predicted molar refractivity (Wildman–Crippen MR) is 87.5 cm³/mol. The summed E-state index contributed by atoms with van der Waals surface area (Å²) in [5.74, 6) is -0.723. The molecule has 0 aromatic heterocycles. The van der Waals surface area contributed by atoms with E-state index < -0.39 is 5.82 Å². The van der Waals surface area contributed by atoms with E-state index in [1.807, 2.05) is 0 Å². The fourth-order valence-electron chi connectivity index (χ4n) is 2.99. The third kappa shape index (κ3) is 3.86. The van der Waals surface area contributed by atoms with Gasteiger partial charge < -0.3 is 9.64 Å². The number of carbonyl (C=O) groups excluding carboxylic acids is 1. The number of hydrogen-bond donors (Lipinski definition) is 0. The van der Waals surface area contributed by atoms with Crippen LogP contribution in [0.5, 0.6) is 0 Å². The number of piperazine rings is 1. The molecule has 0 aliphatic carbocycles. The molecule has 0 bridgehead atoms. The van der Waals surface area contributed by atoms with Crippen molar-refractivity contribution in [2.24, 2.45) is 0 Å². The Labute approximate surface area is 139 Å². The number of nitrogens with zero attached hydrogens (tertiary/aromatic N) is 2. The largest absolute Gasteiger partial charge is 0.383 e. The van der Waals surface area contributed by atoms with Gasteiger partial charge in [-0.3, -0.25) is 9.69 Å². The van der Waals surface area contributed by atoms with Crippen LogP contribution in [0, 0.1) is 5.82 Å². The Bertz CT molecular complexity index is 529. The number of amides is 1. The summed E-state index contributed by atoms with van der Waals surface area (Å²) in [5, 5.41) is 0. The van der Waals surface area contributed by atoms with Crippen molar-refractivity contribution >= 4 is 21.8 Å². The lowest BCUT2D eigenvalue weighted by molar-refractivity contribution is 0.0191. The molecule has 0 spiro atoms. The molecule has 1 saturated heterocycles. The van der Waals surface area contributed by atoms with Crippen LogP contribution in [0.15, 0.2) is 22.7 Å². The molecule has 0 unspecified atom stereocenters. The molecule has 0 N–H and O–H groups in total. The van der Waals surface area contributed by atoms with Gasteiger partial charge in [0.25, 0.3) is 5.91 Å². The van der Waals surface area contributed by atoms with E-state index in [0.717, 1.165) is 6.54 Å². The average Bonchev–Trinajstić information content (AvgIpc) is 2.48. The Morgan fingerprint density at radius 3 is 2.59 bits per heavy atom. The minimum atomic E-state index is -0.477. The molecule has 1 amide bonds.